The van der Waals surface area contributed by atoms with Gasteiger partial charge in [0.1, 0.15) is 23.5 Å². The molecular weight excluding hydrogens is 462 g/mol. The molecule has 36 heavy (non-hydrogen) atoms. The Labute approximate surface area is 207 Å². The third kappa shape index (κ3) is 4.24. The van der Waals surface area contributed by atoms with Crippen LogP contribution in [0, 0.1) is 23.0 Å². The van der Waals surface area contributed by atoms with Crippen LogP contribution in [-0.2, 0) is 4.74 Å². The number of nitriles is 1. The van der Waals surface area contributed by atoms with Crippen LogP contribution in [0.1, 0.15) is 12.0 Å². The zero-order valence-electron chi connectivity index (χ0n) is 19.6. The van der Waals surface area contributed by atoms with Crippen molar-refractivity contribution in [1.82, 2.24) is 4.98 Å². The Morgan fingerprint density at radius 3 is 2.58 bits per heavy atom. The number of benzene rings is 3. The van der Waals surface area contributed by atoms with Gasteiger partial charge in [-0.1, -0.05) is 18.2 Å². The van der Waals surface area contributed by atoms with E-state index in [2.05, 4.69) is 9.88 Å². The highest BCUT2D eigenvalue weighted by molar-refractivity contribution is 6.02. The first-order valence-electron chi connectivity index (χ1n) is 11.5. The lowest BCUT2D eigenvalue weighted by atomic mass is 9.94. The third-order valence-electron chi connectivity index (χ3n) is 6.71. The van der Waals surface area contributed by atoms with Crippen molar-refractivity contribution in [2.24, 2.45) is 5.73 Å². The molecule has 1 fully saturated rings. The second-order valence-electron chi connectivity index (χ2n) is 8.90. The average molecular weight is 487 g/mol. The molecule has 1 aliphatic rings. The number of pyridine rings is 1. The number of ether oxygens (including phenoxy) is 1. The van der Waals surface area contributed by atoms with E-state index in [0.717, 1.165) is 17.1 Å². The van der Waals surface area contributed by atoms with Crippen molar-refractivity contribution < 1.29 is 18.6 Å². The predicted octanol–water partition coefficient (Wildman–Crippen LogP) is 4.98. The van der Waals surface area contributed by atoms with Gasteiger partial charge in [-0.15, -0.1) is 0 Å². The highest BCUT2D eigenvalue weighted by Gasteiger charge is 2.29. The van der Waals surface area contributed by atoms with Crippen molar-refractivity contribution >= 4 is 16.6 Å². The maximum Gasteiger partial charge on any atom is 0.141 e. The number of hydrogen-bond donors (Lipinski definition) is 2. The number of anilines is 1. The molecule has 8 heteroatoms. The van der Waals surface area contributed by atoms with Crippen LogP contribution in [0.5, 0.6) is 5.75 Å². The normalized spacial score (nSPS) is 17.8. The molecule has 3 N–H and O–H groups in total. The highest BCUT2D eigenvalue weighted by Crippen LogP contribution is 2.41. The second-order valence-corrected chi connectivity index (χ2v) is 8.90. The molecule has 2 atom stereocenters. The first-order chi connectivity index (χ1) is 17.4. The smallest absolute Gasteiger partial charge is 0.141 e. The van der Waals surface area contributed by atoms with Gasteiger partial charge in [0.2, 0.25) is 0 Å². The third-order valence-corrected chi connectivity index (χ3v) is 6.71. The Hall–Kier alpha value is -4.06. The van der Waals surface area contributed by atoms with E-state index in [0.29, 0.717) is 47.3 Å². The maximum atomic E-state index is 14.2. The summed E-state index contributed by atoms with van der Waals surface area (Å²) < 4.78 is 34.0. The molecule has 1 saturated heterocycles. The number of halogens is 2. The summed E-state index contributed by atoms with van der Waals surface area (Å²) in [5.74, 6) is -1.47. The number of aromatic hydroxyl groups is 1. The zero-order valence-corrected chi connectivity index (χ0v) is 19.6. The van der Waals surface area contributed by atoms with Crippen LogP contribution in [0.25, 0.3) is 33.2 Å². The Kier molecular flexibility index (Phi) is 6.27. The number of hydrogen-bond acceptors (Lipinski definition) is 6. The van der Waals surface area contributed by atoms with Crippen molar-refractivity contribution in [3.63, 3.8) is 0 Å². The van der Waals surface area contributed by atoms with E-state index in [1.165, 1.54) is 12.1 Å². The van der Waals surface area contributed by atoms with Gasteiger partial charge >= 0.3 is 0 Å². The number of nitrogens with zero attached hydrogens (tertiary/aromatic N) is 3. The van der Waals surface area contributed by atoms with Gasteiger partial charge in [-0.25, -0.2) is 8.78 Å². The van der Waals surface area contributed by atoms with E-state index in [-0.39, 0.29) is 23.5 Å². The minimum absolute atomic E-state index is 0.111. The van der Waals surface area contributed by atoms with Crippen molar-refractivity contribution in [2.45, 2.75) is 18.6 Å². The SMILES string of the molecule is CO[C@H]1CN(c2c(-c3cc(F)cc(F)c3)cnc3ccc(-c4cccc(C#N)c4O)cc23)CC[C@H]1N. The number of piperidine rings is 1. The van der Waals surface area contributed by atoms with E-state index in [1.54, 1.807) is 31.5 Å². The fourth-order valence-electron chi connectivity index (χ4n) is 4.86. The molecule has 0 aliphatic carbocycles. The Morgan fingerprint density at radius 2 is 1.86 bits per heavy atom. The molecule has 3 aromatic carbocycles. The molecule has 4 aromatic rings. The second kappa shape index (κ2) is 9.53. The Balaban J connectivity index is 1.76. The highest BCUT2D eigenvalue weighted by atomic mass is 19.1. The number of nitrogens with two attached hydrogens (primary N) is 1. The molecule has 5 rings (SSSR count). The number of para-hydroxylation sites is 1. The van der Waals surface area contributed by atoms with Gasteiger partial charge in [0.15, 0.2) is 0 Å². The van der Waals surface area contributed by atoms with Gasteiger partial charge in [-0.3, -0.25) is 4.98 Å². The zero-order chi connectivity index (χ0) is 25.4. The molecule has 0 bridgehead atoms. The van der Waals surface area contributed by atoms with Gasteiger partial charge in [-0.05, 0) is 47.9 Å². The van der Waals surface area contributed by atoms with Crippen LogP contribution in [-0.4, -0.2) is 42.4 Å². The molecular formula is C28H24F2N4O2. The fourth-order valence-corrected chi connectivity index (χ4v) is 4.86. The summed E-state index contributed by atoms with van der Waals surface area (Å²) in [6, 6.07) is 15.8. The maximum absolute atomic E-state index is 14.2. The van der Waals surface area contributed by atoms with Crippen LogP contribution in [0.4, 0.5) is 14.5 Å². The van der Waals surface area contributed by atoms with Crippen molar-refractivity contribution in [3.8, 4) is 34.1 Å². The molecule has 1 aliphatic heterocycles. The molecule has 1 aromatic heterocycles. The van der Waals surface area contributed by atoms with Gasteiger partial charge in [0.05, 0.1) is 22.9 Å². The number of fused-ring (bicyclic) bond motifs is 1. The van der Waals surface area contributed by atoms with E-state index < -0.39 is 11.6 Å². The lowest BCUT2D eigenvalue weighted by Crippen LogP contribution is -2.51. The van der Waals surface area contributed by atoms with E-state index in [1.807, 2.05) is 24.3 Å². The Morgan fingerprint density at radius 1 is 1.08 bits per heavy atom. The summed E-state index contributed by atoms with van der Waals surface area (Å²) in [5, 5.41) is 20.7. The monoisotopic (exact) mass is 486 g/mol. The molecule has 0 spiro atoms. The van der Waals surface area contributed by atoms with Gasteiger partial charge in [-0.2, -0.15) is 5.26 Å². The predicted molar refractivity (Wildman–Crippen MR) is 135 cm³/mol. The quantitative estimate of drug-likeness (QED) is 0.423. The summed E-state index contributed by atoms with van der Waals surface area (Å²) in [6.45, 7) is 1.10. The standard InChI is InChI=1S/C28H24F2N4O2/c1-36-26-15-34(8-7-24(26)32)27-22-11-16(21-4-2-3-17(13-31)28(21)35)5-6-25(22)33-14-23(27)18-9-19(29)12-20(30)10-18/h2-6,9-12,14,24,26,35H,7-8,15,32H2,1H3/t24-,26+/m1/s1. The summed E-state index contributed by atoms with van der Waals surface area (Å²) in [5.41, 5.74) is 9.96. The van der Waals surface area contributed by atoms with Gasteiger partial charge < -0.3 is 20.5 Å². The van der Waals surface area contributed by atoms with Crippen molar-refractivity contribution in [1.29, 1.82) is 5.26 Å². The summed E-state index contributed by atoms with van der Waals surface area (Å²) in [6.07, 6.45) is 2.07. The number of aromatic nitrogens is 1. The molecule has 0 radical (unpaired) electrons. The minimum atomic E-state index is -0.682. The fraction of sp³-hybridized carbons (Fsp3) is 0.214. The first kappa shape index (κ1) is 23.7. The average Bonchev–Trinajstić information content (AvgIpc) is 2.87. The minimum Gasteiger partial charge on any atom is -0.506 e. The lowest BCUT2D eigenvalue weighted by Gasteiger charge is -2.38. The lowest BCUT2D eigenvalue weighted by molar-refractivity contribution is 0.0731. The van der Waals surface area contributed by atoms with E-state index in [9.17, 15) is 19.1 Å². The van der Waals surface area contributed by atoms with E-state index >= 15 is 0 Å². The molecule has 0 unspecified atom stereocenters. The van der Waals surface area contributed by atoms with Crippen LogP contribution < -0.4 is 10.6 Å². The number of methoxy groups -OCH3 is 1. The largest absolute Gasteiger partial charge is 0.506 e. The summed E-state index contributed by atoms with van der Waals surface area (Å²) in [7, 11) is 1.62. The van der Waals surface area contributed by atoms with E-state index in [4.69, 9.17) is 10.5 Å². The van der Waals surface area contributed by atoms with Crippen LogP contribution >= 0.6 is 0 Å². The van der Waals surface area contributed by atoms with Crippen molar-refractivity contribution in [3.05, 3.63) is 78.0 Å². The van der Waals surface area contributed by atoms with Crippen LogP contribution in [0.3, 0.4) is 0 Å². The van der Waals surface area contributed by atoms with Gasteiger partial charge in [0, 0.05) is 55.0 Å². The first-order valence-corrected chi connectivity index (χ1v) is 11.5. The summed E-state index contributed by atoms with van der Waals surface area (Å²) >= 11 is 0. The molecule has 0 saturated carbocycles. The molecule has 0 amide bonds. The topological polar surface area (TPSA) is 95.4 Å². The van der Waals surface area contributed by atoms with Crippen molar-refractivity contribution in [2.75, 3.05) is 25.1 Å². The van der Waals surface area contributed by atoms with Gasteiger partial charge in [0.25, 0.3) is 0 Å². The Bertz CT molecular complexity index is 1480. The summed E-state index contributed by atoms with van der Waals surface area (Å²) in [4.78, 5) is 6.68. The van der Waals surface area contributed by atoms with Crippen LogP contribution in [0.2, 0.25) is 0 Å². The number of rotatable bonds is 4. The molecule has 182 valence electrons. The number of phenols is 1. The molecule has 6 nitrogen and oxygen atoms in total. The van der Waals surface area contributed by atoms with Crippen LogP contribution in [0.15, 0.2) is 60.8 Å². The molecule has 2 heterocycles. The number of phenolic OH excluding ortho intramolecular Hbond substituents is 1.